The first-order valence-electron chi connectivity index (χ1n) is 8.38. The van der Waals surface area contributed by atoms with Crippen LogP contribution in [0.3, 0.4) is 0 Å². The van der Waals surface area contributed by atoms with E-state index >= 15 is 0 Å². The second-order valence-electron chi connectivity index (χ2n) is 5.88. The summed E-state index contributed by atoms with van der Waals surface area (Å²) in [6, 6.07) is 9.60. The summed E-state index contributed by atoms with van der Waals surface area (Å²) in [6.07, 6.45) is 10.5. The maximum absolute atomic E-state index is 11.9. The molecule has 1 saturated heterocycles. The number of anilines is 1. The molecule has 5 nitrogen and oxygen atoms in total. The molecule has 124 valence electrons. The van der Waals surface area contributed by atoms with Crippen molar-refractivity contribution in [2.24, 2.45) is 0 Å². The summed E-state index contributed by atoms with van der Waals surface area (Å²) in [4.78, 5) is 22.8. The van der Waals surface area contributed by atoms with Crippen molar-refractivity contribution in [2.45, 2.75) is 25.8 Å². The van der Waals surface area contributed by atoms with Crippen LogP contribution in [-0.2, 0) is 11.3 Å². The van der Waals surface area contributed by atoms with Gasteiger partial charge in [0, 0.05) is 38.1 Å². The molecule has 3 heterocycles. The summed E-state index contributed by atoms with van der Waals surface area (Å²) in [7, 11) is 0. The monoisotopic (exact) mass is 322 g/mol. The lowest BCUT2D eigenvalue weighted by Crippen LogP contribution is -2.30. The van der Waals surface area contributed by atoms with Gasteiger partial charge in [0.1, 0.15) is 5.82 Å². The van der Waals surface area contributed by atoms with Crippen molar-refractivity contribution < 1.29 is 4.79 Å². The third kappa shape index (κ3) is 4.65. The van der Waals surface area contributed by atoms with Crippen LogP contribution in [0.1, 0.15) is 30.5 Å². The van der Waals surface area contributed by atoms with E-state index in [0.29, 0.717) is 6.54 Å². The van der Waals surface area contributed by atoms with E-state index in [1.54, 1.807) is 12.3 Å². The standard InChI is InChI=1S/C19H22N4O/c24-19(8-7-17-6-2-3-10-20-17)22-15-16-9-11-21-18(14-16)23-12-4-1-5-13-23/h2-3,6-11,14H,1,4-5,12-13,15H2,(H,22,24). The minimum absolute atomic E-state index is 0.128. The predicted molar refractivity (Wildman–Crippen MR) is 95.4 cm³/mol. The Balaban J connectivity index is 1.54. The third-order valence-electron chi connectivity index (χ3n) is 4.05. The molecule has 2 aromatic heterocycles. The Hall–Kier alpha value is -2.69. The smallest absolute Gasteiger partial charge is 0.244 e. The number of nitrogens with one attached hydrogen (secondary N) is 1. The number of rotatable bonds is 5. The molecule has 1 aliphatic heterocycles. The molecule has 1 aliphatic rings. The molecule has 0 bridgehead atoms. The number of aromatic nitrogens is 2. The van der Waals surface area contributed by atoms with Crippen LogP contribution in [0.2, 0.25) is 0 Å². The SMILES string of the molecule is O=C(C=Cc1ccccn1)NCc1ccnc(N2CCCCC2)c1. The highest BCUT2D eigenvalue weighted by molar-refractivity contribution is 5.91. The van der Waals surface area contributed by atoms with Gasteiger partial charge < -0.3 is 10.2 Å². The van der Waals surface area contributed by atoms with Crippen molar-refractivity contribution in [2.75, 3.05) is 18.0 Å². The van der Waals surface area contributed by atoms with E-state index in [0.717, 1.165) is 30.2 Å². The first kappa shape index (κ1) is 16.2. The molecule has 0 spiro atoms. The molecule has 5 heteroatoms. The van der Waals surface area contributed by atoms with Crippen LogP contribution in [0.4, 0.5) is 5.82 Å². The van der Waals surface area contributed by atoms with Crippen LogP contribution < -0.4 is 10.2 Å². The molecule has 0 aliphatic carbocycles. The molecule has 24 heavy (non-hydrogen) atoms. The Bertz CT molecular complexity index is 694. The molecule has 0 unspecified atom stereocenters. The zero-order valence-electron chi connectivity index (χ0n) is 13.7. The summed E-state index contributed by atoms with van der Waals surface area (Å²) < 4.78 is 0. The van der Waals surface area contributed by atoms with Gasteiger partial charge in [0.05, 0.1) is 5.69 Å². The van der Waals surface area contributed by atoms with E-state index in [2.05, 4.69) is 26.3 Å². The number of pyridine rings is 2. The molecule has 1 N–H and O–H groups in total. The molecule has 0 saturated carbocycles. The van der Waals surface area contributed by atoms with Crippen LogP contribution in [0.5, 0.6) is 0 Å². The van der Waals surface area contributed by atoms with Gasteiger partial charge in [-0.15, -0.1) is 0 Å². The Morgan fingerprint density at radius 3 is 2.79 bits per heavy atom. The second kappa shape index (κ2) is 8.24. The molecule has 0 aromatic carbocycles. The number of carbonyl (C=O) groups is 1. The summed E-state index contributed by atoms with van der Waals surface area (Å²) in [5.41, 5.74) is 1.83. The lowest BCUT2D eigenvalue weighted by Gasteiger charge is -2.27. The fraction of sp³-hybridized carbons (Fsp3) is 0.316. The van der Waals surface area contributed by atoms with Gasteiger partial charge in [-0.3, -0.25) is 9.78 Å². The molecule has 0 atom stereocenters. The first-order valence-corrected chi connectivity index (χ1v) is 8.38. The highest BCUT2D eigenvalue weighted by Gasteiger charge is 2.12. The van der Waals surface area contributed by atoms with E-state index in [1.165, 1.54) is 25.3 Å². The highest BCUT2D eigenvalue weighted by atomic mass is 16.1. The van der Waals surface area contributed by atoms with Gasteiger partial charge in [-0.1, -0.05) is 6.07 Å². The van der Waals surface area contributed by atoms with Crippen LogP contribution >= 0.6 is 0 Å². The largest absolute Gasteiger partial charge is 0.357 e. The first-order chi connectivity index (χ1) is 11.8. The Morgan fingerprint density at radius 2 is 2.00 bits per heavy atom. The minimum atomic E-state index is -0.128. The van der Waals surface area contributed by atoms with Gasteiger partial charge in [0.15, 0.2) is 0 Å². The van der Waals surface area contributed by atoms with Crippen molar-refractivity contribution in [3.05, 3.63) is 60.1 Å². The summed E-state index contributed by atoms with van der Waals surface area (Å²) in [5.74, 6) is 0.877. The zero-order valence-corrected chi connectivity index (χ0v) is 13.7. The summed E-state index contributed by atoms with van der Waals surface area (Å²) in [5, 5.41) is 2.90. The molecule has 0 radical (unpaired) electrons. The maximum atomic E-state index is 11.9. The lowest BCUT2D eigenvalue weighted by molar-refractivity contribution is -0.116. The fourth-order valence-corrected chi connectivity index (χ4v) is 2.75. The number of piperidine rings is 1. The van der Waals surface area contributed by atoms with Gasteiger partial charge in [0.2, 0.25) is 5.91 Å². The maximum Gasteiger partial charge on any atom is 0.244 e. The van der Waals surface area contributed by atoms with E-state index in [4.69, 9.17) is 0 Å². The second-order valence-corrected chi connectivity index (χ2v) is 5.88. The van der Waals surface area contributed by atoms with Crippen molar-refractivity contribution in [3.63, 3.8) is 0 Å². The lowest BCUT2D eigenvalue weighted by atomic mass is 10.1. The number of hydrogen-bond donors (Lipinski definition) is 1. The molecule has 2 aromatic rings. The predicted octanol–water partition coefficient (Wildman–Crippen LogP) is 2.80. The van der Waals surface area contributed by atoms with Crippen LogP contribution in [0, 0.1) is 0 Å². The zero-order chi connectivity index (χ0) is 16.6. The van der Waals surface area contributed by atoms with E-state index in [-0.39, 0.29) is 5.91 Å². The topological polar surface area (TPSA) is 58.1 Å². The molecular formula is C19H22N4O. The van der Waals surface area contributed by atoms with Crippen molar-refractivity contribution in [1.82, 2.24) is 15.3 Å². The quantitative estimate of drug-likeness (QED) is 0.860. The summed E-state index contributed by atoms with van der Waals surface area (Å²) in [6.45, 7) is 2.63. The highest BCUT2D eigenvalue weighted by Crippen LogP contribution is 2.18. The number of carbonyl (C=O) groups excluding carboxylic acids is 1. The number of amides is 1. The Kier molecular flexibility index (Phi) is 5.56. The Labute approximate surface area is 142 Å². The average Bonchev–Trinajstić information content (AvgIpc) is 2.66. The van der Waals surface area contributed by atoms with Crippen molar-refractivity contribution >= 4 is 17.8 Å². The van der Waals surface area contributed by atoms with Crippen LogP contribution in [0.15, 0.2) is 48.8 Å². The Morgan fingerprint density at radius 1 is 1.12 bits per heavy atom. The van der Waals surface area contributed by atoms with E-state index < -0.39 is 0 Å². The van der Waals surface area contributed by atoms with E-state index in [9.17, 15) is 4.79 Å². The van der Waals surface area contributed by atoms with Gasteiger partial charge in [0.25, 0.3) is 0 Å². The van der Waals surface area contributed by atoms with Gasteiger partial charge >= 0.3 is 0 Å². The van der Waals surface area contributed by atoms with E-state index in [1.807, 2.05) is 30.5 Å². The molecular weight excluding hydrogens is 300 g/mol. The third-order valence-corrected chi connectivity index (χ3v) is 4.05. The van der Waals surface area contributed by atoms with Gasteiger partial charge in [-0.25, -0.2) is 4.98 Å². The fourth-order valence-electron chi connectivity index (χ4n) is 2.75. The normalized spacial score (nSPS) is 14.8. The van der Waals surface area contributed by atoms with Crippen LogP contribution in [-0.4, -0.2) is 29.0 Å². The van der Waals surface area contributed by atoms with Gasteiger partial charge in [-0.05, 0) is 55.2 Å². The van der Waals surface area contributed by atoms with Crippen molar-refractivity contribution in [3.8, 4) is 0 Å². The summed E-state index contributed by atoms with van der Waals surface area (Å²) >= 11 is 0. The molecule has 1 amide bonds. The van der Waals surface area contributed by atoms with Gasteiger partial charge in [-0.2, -0.15) is 0 Å². The number of nitrogens with zero attached hydrogens (tertiary/aromatic N) is 3. The van der Waals surface area contributed by atoms with Crippen LogP contribution in [0.25, 0.3) is 6.08 Å². The average molecular weight is 322 g/mol. The number of hydrogen-bond acceptors (Lipinski definition) is 4. The molecule has 1 fully saturated rings. The van der Waals surface area contributed by atoms with Crippen molar-refractivity contribution in [1.29, 1.82) is 0 Å². The minimum Gasteiger partial charge on any atom is -0.357 e. The molecule has 3 rings (SSSR count).